The van der Waals surface area contributed by atoms with Gasteiger partial charge in [-0.15, -0.1) is 0 Å². The van der Waals surface area contributed by atoms with Gasteiger partial charge in [0.25, 0.3) is 0 Å². The predicted octanol–water partition coefficient (Wildman–Crippen LogP) is 4.33. The number of carbonyl (C=O) groups is 1. The number of sulfone groups is 1. The van der Waals surface area contributed by atoms with Crippen molar-refractivity contribution >= 4 is 54.0 Å². The first-order valence-electron chi connectivity index (χ1n) is 9.88. The van der Waals surface area contributed by atoms with E-state index >= 15 is 0 Å². The Bertz CT molecular complexity index is 1190. The molecule has 3 rings (SSSR count). The first-order valence-corrected chi connectivity index (χ1v) is 12.7. The van der Waals surface area contributed by atoms with Gasteiger partial charge in [-0.2, -0.15) is 0 Å². The molecular formula is C22H26ClN3O3S2. The van der Waals surface area contributed by atoms with Crippen LogP contribution >= 0.6 is 22.9 Å². The van der Waals surface area contributed by atoms with Crippen molar-refractivity contribution in [2.45, 2.75) is 25.2 Å². The molecule has 0 fully saturated rings. The highest BCUT2D eigenvalue weighted by Crippen LogP contribution is 2.32. The zero-order valence-corrected chi connectivity index (χ0v) is 20.4. The van der Waals surface area contributed by atoms with Gasteiger partial charge < -0.3 is 4.90 Å². The monoisotopic (exact) mass is 479 g/mol. The van der Waals surface area contributed by atoms with Crippen LogP contribution in [0.25, 0.3) is 10.2 Å². The van der Waals surface area contributed by atoms with Crippen molar-refractivity contribution in [1.29, 1.82) is 0 Å². The SMILES string of the molecule is Cc1cc(C)c2nc(N(CCN(C)C)C(=O)CCS(=O)(=O)c3ccc(Cl)cc3)sc2c1. The summed E-state index contributed by atoms with van der Waals surface area (Å²) in [4.78, 5) is 21.6. The molecule has 2 aromatic carbocycles. The second kappa shape index (κ2) is 9.65. The zero-order chi connectivity index (χ0) is 22.8. The minimum absolute atomic E-state index is 0.119. The predicted molar refractivity (Wildman–Crippen MR) is 128 cm³/mol. The standard InChI is InChI=1S/C22H26ClN3O3S2/c1-15-13-16(2)21-19(14-15)30-22(24-21)26(11-10-25(3)4)20(27)9-12-31(28,29)18-7-5-17(23)6-8-18/h5-8,13-14H,9-12H2,1-4H3. The number of halogens is 1. The van der Waals surface area contributed by atoms with Crippen LogP contribution in [0.4, 0.5) is 5.13 Å². The summed E-state index contributed by atoms with van der Waals surface area (Å²) in [7, 11) is 0.271. The molecule has 0 aliphatic heterocycles. The van der Waals surface area contributed by atoms with Crippen LogP contribution in [0.3, 0.4) is 0 Å². The summed E-state index contributed by atoms with van der Waals surface area (Å²) >= 11 is 7.30. The lowest BCUT2D eigenvalue weighted by atomic mass is 10.1. The van der Waals surface area contributed by atoms with Gasteiger partial charge in [-0.1, -0.05) is 29.0 Å². The fourth-order valence-electron chi connectivity index (χ4n) is 3.22. The van der Waals surface area contributed by atoms with Crippen molar-refractivity contribution in [2.24, 2.45) is 0 Å². The molecule has 1 amide bonds. The topological polar surface area (TPSA) is 70.6 Å². The Hall–Kier alpha value is -2.00. The zero-order valence-electron chi connectivity index (χ0n) is 18.1. The first-order chi connectivity index (χ1) is 14.6. The molecule has 0 radical (unpaired) electrons. The van der Waals surface area contributed by atoms with E-state index in [0.29, 0.717) is 23.2 Å². The van der Waals surface area contributed by atoms with Crippen molar-refractivity contribution < 1.29 is 13.2 Å². The van der Waals surface area contributed by atoms with E-state index in [1.807, 2.05) is 32.8 Å². The van der Waals surface area contributed by atoms with Crippen molar-refractivity contribution in [2.75, 3.05) is 37.8 Å². The van der Waals surface area contributed by atoms with Gasteiger partial charge in [0.1, 0.15) is 0 Å². The van der Waals surface area contributed by atoms with E-state index in [2.05, 4.69) is 12.1 Å². The molecule has 9 heteroatoms. The normalized spacial score (nSPS) is 11.9. The summed E-state index contributed by atoms with van der Waals surface area (Å²) in [6.07, 6.45) is -0.119. The van der Waals surface area contributed by atoms with Crippen LogP contribution < -0.4 is 4.90 Å². The highest BCUT2D eigenvalue weighted by molar-refractivity contribution is 7.91. The Morgan fingerprint density at radius 1 is 1.10 bits per heavy atom. The van der Waals surface area contributed by atoms with Crippen molar-refractivity contribution in [3.05, 3.63) is 52.5 Å². The number of likely N-dealkylation sites (N-methyl/N-ethyl adjacent to an activating group) is 1. The van der Waals surface area contributed by atoms with Crippen LogP contribution in [0, 0.1) is 13.8 Å². The summed E-state index contributed by atoms with van der Waals surface area (Å²) in [5, 5.41) is 1.06. The number of aromatic nitrogens is 1. The molecule has 1 aromatic heterocycles. The number of hydrogen-bond acceptors (Lipinski definition) is 6. The molecule has 0 saturated carbocycles. The number of rotatable bonds is 8. The Morgan fingerprint density at radius 3 is 2.42 bits per heavy atom. The van der Waals surface area contributed by atoms with E-state index in [-0.39, 0.29) is 23.0 Å². The fourth-order valence-corrected chi connectivity index (χ4v) is 5.76. The summed E-state index contributed by atoms with van der Waals surface area (Å²) in [5.74, 6) is -0.526. The van der Waals surface area contributed by atoms with Crippen LogP contribution in [-0.2, 0) is 14.6 Å². The Balaban J connectivity index is 1.84. The Morgan fingerprint density at radius 2 is 1.77 bits per heavy atom. The van der Waals surface area contributed by atoms with Crippen molar-refractivity contribution in [3.8, 4) is 0 Å². The lowest BCUT2D eigenvalue weighted by Crippen LogP contribution is -2.37. The number of thiazole rings is 1. The van der Waals surface area contributed by atoms with Gasteiger partial charge in [0.2, 0.25) is 5.91 Å². The van der Waals surface area contributed by atoms with Crippen LogP contribution in [0.1, 0.15) is 17.5 Å². The summed E-state index contributed by atoms with van der Waals surface area (Å²) in [6, 6.07) is 10.1. The van der Waals surface area contributed by atoms with E-state index in [9.17, 15) is 13.2 Å². The number of benzene rings is 2. The molecule has 0 aliphatic carbocycles. The molecule has 3 aromatic rings. The number of nitrogens with zero attached hydrogens (tertiary/aromatic N) is 3. The Labute approximate surface area is 192 Å². The highest BCUT2D eigenvalue weighted by atomic mass is 35.5. The molecule has 31 heavy (non-hydrogen) atoms. The third-order valence-corrected chi connectivity index (χ3v) is 7.89. The van der Waals surface area contributed by atoms with Crippen LogP contribution in [-0.4, -0.2) is 57.1 Å². The van der Waals surface area contributed by atoms with Crippen molar-refractivity contribution in [3.63, 3.8) is 0 Å². The largest absolute Gasteiger partial charge is 0.308 e. The smallest absolute Gasteiger partial charge is 0.229 e. The van der Waals surface area contributed by atoms with Crippen molar-refractivity contribution in [1.82, 2.24) is 9.88 Å². The lowest BCUT2D eigenvalue weighted by Gasteiger charge is -2.22. The summed E-state index contributed by atoms with van der Waals surface area (Å²) in [6.45, 7) is 5.11. The maximum absolute atomic E-state index is 13.1. The first kappa shape index (κ1) is 23.7. The molecule has 0 N–H and O–H groups in total. The van der Waals surface area contributed by atoms with Crippen LogP contribution in [0.15, 0.2) is 41.3 Å². The molecule has 0 spiro atoms. The fraction of sp³-hybridized carbons (Fsp3) is 0.364. The van der Waals surface area contributed by atoms with Gasteiger partial charge in [-0.05, 0) is 69.4 Å². The molecule has 0 atom stereocenters. The van der Waals surface area contributed by atoms with Gasteiger partial charge >= 0.3 is 0 Å². The van der Waals surface area contributed by atoms with Gasteiger partial charge in [0, 0.05) is 24.5 Å². The summed E-state index contributed by atoms with van der Waals surface area (Å²) < 4.78 is 26.3. The minimum atomic E-state index is -3.59. The minimum Gasteiger partial charge on any atom is -0.308 e. The second-order valence-electron chi connectivity index (χ2n) is 7.80. The Kier molecular flexibility index (Phi) is 7.36. The molecule has 1 heterocycles. The molecule has 0 saturated heterocycles. The second-order valence-corrected chi connectivity index (χ2v) is 11.4. The number of fused-ring (bicyclic) bond motifs is 1. The summed E-state index contributed by atoms with van der Waals surface area (Å²) in [5.41, 5.74) is 3.07. The third-order valence-electron chi connectivity index (χ3n) is 4.88. The van der Waals surface area contributed by atoms with Gasteiger partial charge in [-0.3, -0.25) is 9.69 Å². The number of anilines is 1. The number of amides is 1. The molecular weight excluding hydrogens is 454 g/mol. The third kappa shape index (κ3) is 5.83. The van der Waals surface area contributed by atoms with E-state index in [1.54, 1.807) is 4.90 Å². The number of hydrogen-bond donors (Lipinski definition) is 0. The number of carbonyl (C=O) groups excluding carboxylic acids is 1. The van der Waals surface area contributed by atoms with E-state index in [1.165, 1.54) is 35.6 Å². The van der Waals surface area contributed by atoms with E-state index in [4.69, 9.17) is 16.6 Å². The molecule has 0 bridgehead atoms. The molecule has 6 nitrogen and oxygen atoms in total. The van der Waals surface area contributed by atoms with E-state index in [0.717, 1.165) is 21.3 Å². The number of aryl methyl sites for hydroxylation is 2. The maximum atomic E-state index is 13.1. The van der Waals surface area contributed by atoms with Gasteiger partial charge in [0.05, 0.1) is 20.9 Å². The van der Waals surface area contributed by atoms with Crippen LogP contribution in [0.5, 0.6) is 0 Å². The maximum Gasteiger partial charge on any atom is 0.229 e. The van der Waals surface area contributed by atoms with Gasteiger partial charge in [-0.25, -0.2) is 13.4 Å². The molecule has 0 aliphatic rings. The average Bonchev–Trinajstić information content (AvgIpc) is 3.10. The quantitative estimate of drug-likeness (QED) is 0.481. The van der Waals surface area contributed by atoms with E-state index < -0.39 is 9.84 Å². The molecule has 166 valence electrons. The van der Waals surface area contributed by atoms with Crippen LogP contribution in [0.2, 0.25) is 5.02 Å². The average molecular weight is 480 g/mol. The molecule has 0 unspecified atom stereocenters. The highest BCUT2D eigenvalue weighted by Gasteiger charge is 2.23. The lowest BCUT2D eigenvalue weighted by molar-refractivity contribution is -0.118. The van der Waals surface area contributed by atoms with Gasteiger partial charge in [0.15, 0.2) is 15.0 Å².